The van der Waals surface area contributed by atoms with Crippen LogP contribution in [0.1, 0.15) is 56.6 Å². The van der Waals surface area contributed by atoms with Crippen molar-refractivity contribution in [3.63, 3.8) is 0 Å². The van der Waals surface area contributed by atoms with E-state index in [0.29, 0.717) is 6.04 Å². The number of unbranched alkanes of at least 4 members (excludes halogenated alkanes) is 6. The van der Waals surface area contributed by atoms with Crippen LogP contribution in [0.3, 0.4) is 0 Å². The molecule has 1 aromatic carbocycles. The Morgan fingerprint density at radius 2 is 1.76 bits per heavy atom. The smallest absolute Gasteiger partial charge is 0.248 e. The van der Waals surface area contributed by atoms with Crippen LogP contribution in [-0.4, -0.2) is 37.5 Å². The number of aromatic nitrogens is 1. The molecule has 2 unspecified atom stereocenters. The van der Waals surface area contributed by atoms with Gasteiger partial charge in [-0.25, -0.2) is 0 Å². The molecular weight excluding hydrogens is 307 g/mol. The molecule has 1 aliphatic heterocycles. The highest BCUT2D eigenvalue weighted by Gasteiger charge is 2.52. The molecule has 0 spiro atoms. The number of fused-ring (bicyclic) bond motifs is 1. The second-order valence-electron chi connectivity index (χ2n) is 7.80. The Morgan fingerprint density at radius 3 is 2.52 bits per heavy atom. The van der Waals surface area contributed by atoms with Gasteiger partial charge in [0.1, 0.15) is 6.54 Å². The molecule has 25 heavy (non-hydrogen) atoms. The van der Waals surface area contributed by atoms with Crippen LogP contribution in [-0.2, 0) is 0 Å². The van der Waals surface area contributed by atoms with Crippen LogP contribution in [0.25, 0.3) is 10.9 Å². The van der Waals surface area contributed by atoms with Gasteiger partial charge >= 0.3 is 0 Å². The predicted molar refractivity (Wildman–Crippen MR) is 106 cm³/mol. The molecule has 3 nitrogen and oxygen atoms in total. The summed E-state index contributed by atoms with van der Waals surface area (Å²) in [5.74, 6) is 0. The molecule has 0 bridgehead atoms. The van der Waals surface area contributed by atoms with E-state index in [1.54, 1.807) is 6.07 Å². The third kappa shape index (κ3) is 4.55. The van der Waals surface area contributed by atoms with E-state index in [9.17, 15) is 4.79 Å². The predicted octanol–water partition coefficient (Wildman–Crippen LogP) is 4.35. The molecule has 3 rings (SSSR count). The number of hydrogen-bond acceptors (Lipinski definition) is 1. The van der Waals surface area contributed by atoms with E-state index in [2.05, 4.69) is 24.2 Å². The van der Waals surface area contributed by atoms with E-state index in [-0.39, 0.29) is 5.56 Å². The molecule has 1 saturated heterocycles. The van der Waals surface area contributed by atoms with Crippen molar-refractivity contribution >= 4 is 18.7 Å². The summed E-state index contributed by atoms with van der Waals surface area (Å²) in [4.78, 5) is 14.5. The van der Waals surface area contributed by atoms with E-state index < -0.39 is 0 Å². The molecule has 1 aliphatic rings. The number of aromatic amines is 1. The lowest BCUT2D eigenvalue weighted by molar-refractivity contribution is -0.795. The van der Waals surface area contributed by atoms with Gasteiger partial charge in [0.2, 0.25) is 5.56 Å². The third-order valence-corrected chi connectivity index (χ3v) is 5.74. The van der Waals surface area contributed by atoms with Crippen molar-refractivity contribution in [3.05, 3.63) is 46.2 Å². The molecule has 1 N–H and O–H groups in total. The summed E-state index contributed by atoms with van der Waals surface area (Å²) in [6.07, 6.45) is 9.98. The number of pyridine rings is 1. The zero-order valence-electron chi connectivity index (χ0n) is 15.5. The lowest BCUT2D eigenvalue weighted by Crippen LogP contribution is -2.22. The average Bonchev–Trinajstić information content (AvgIpc) is 3.28. The molecule has 0 amide bonds. The number of benzene rings is 1. The summed E-state index contributed by atoms with van der Waals surface area (Å²) in [5, 5.41) is 1.20. The van der Waals surface area contributed by atoms with Gasteiger partial charge in [0.05, 0.1) is 21.4 Å². The molecule has 0 saturated carbocycles. The van der Waals surface area contributed by atoms with E-state index in [1.165, 1.54) is 69.0 Å². The topological polar surface area (TPSA) is 32.9 Å². The highest BCUT2D eigenvalue weighted by atomic mass is 16.1. The average molecular weight is 337 g/mol. The summed E-state index contributed by atoms with van der Waals surface area (Å²) < 4.78 is 1.14. The van der Waals surface area contributed by atoms with Crippen molar-refractivity contribution in [1.29, 1.82) is 0 Å². The molecular formula is C21H30BN2O+. The van der Waals surface area contributed by atoms with Crippen LogP contribution in [0.5, 0.6) is 0 Å². The van der Waals surface area contributed by atoms with Gasteiger partial charge in [-0.15, -0.1) is 0 Å². The second-order valence-corrected chi connectivity index (χ2v) is 7.80. The molecule has 1 aromatic heterocycles. The first-order valence-electron chi connectivity index (χ1n) is 9.80. The summed E-state index contributed by atoms with van der Waals surface area (Å²) in [5.41, 5.74) is 2.32. The molecule has 2 aromatic rings. The molecule has 132 valence electrons. The zero-order chi connectivity index (χ0) is 17.7. The fourth-order valence-electron chi connectivity index (χ4n) is 4.03. The first kappa shape index (κ1) is 18.3. The standard InChI is InChI=1S/C21H29BN2O/c1-24(15-8-6-4-2-3-5-7-14-22)16-20(24)18-10-9-11-19-17(18)12-13-21(25)23-19/h9-13,20H,2-8,14-16H2,1H3/p+1. The largest absolute Gasteiger partial charge is 0.322 e. The first-order valence-corrected chi connectivity index (χ1v) is 9.80. The van der Waals surface area contributed by atoms with Gasteiger partial charge in [-0.3, -0.25) is 4.79 Å². The van der Waals surface area contributed by atoms with Gasteiger partial charge < -0.3 is 9.47 Å². The highest BCUT2D eigenvalue weighted by molar-refractivity contribution is 6.08. The minimum absolute atomic E-state index is 0.0239. The summed E-state index contributed by atoms with van der Waals surface area (Å²) in [7, 11) is 7.90. The van der Waals surface area contributed by atoms with Crippen molar-refractivity contribution in [2.24, 2.45) is 0 Å². The SMILES string of the molecule is [B]CCCCCCCCC[N+]1(C)CC1c1cccc2[nH]c(=O)ccc12. The van der Waals surface area contributed by atoms with Gasteiger partial charge in [0, 0.05) is 22.5 Å². The maximum Gasteiger partial charge on any atom is 0.248 e. The van der Waals surface area contributed by atoms with Crippen molar-refractivity contribution < 1.29 is 4.48 Å². The number of nitrogens with zero attached hydrogens (tertiary/aromatic N) is 1. The second kappa shape index (κ2) is 8.22. The van der Waals surface area contributed by atoms with Crippen molar-refractivity contribution in [2.75, 3.05) is 20.1 Å². The van der Waals surface area contributed by atoms with E-state index in [0.717, 1.165) is 16.3 Å². The van der Waals surface area contributed by atoms with Crippen LogP contribution in [0, 0.1) is 0 Å². The van der Waals surface area contributed by atoms with Crippen LogP contribution < -0.4 is 5.56 Å². The fraction of sp³-hybridized carbons (Fsp3) is 0.571. The normalized spacial score (nSPS) is 22.4. The Labute approximate surface area is 152 Å². The van der Waals surface area contributed by atoms with Crippen LogP contribution in [0.15, 0.2) is 35.1 Å². The fourth-order valence-corrected chi connectivity index (χ4v) is 4.03. The number of H-pyrrole nitrogens is 1. The zero-order valence-corrected chi connectivity index (χ0v) is 15.5. The lowest BCUT2D eigenvalue weighted by atomic mass is 9.98. The first-order chi connectivity index (χ1) is 12.1. The number of quaternary nitrogens is 1. The van der Waals surface area contributed by atoms with Crippen molar-refractivity contribution in [1.82, 2.24) is 4.98 Å². The number of hydrogen-bond donors (Lipinski definition) is 1. The van der Waals surface area contributed by atoms with Crippen molar-refractivity contribution in [2.45, 2.75) is 57.3 Å². The summed E-state index contributed by atoms with van der Waals surface area (Å²) in [6.45, 7) is 2.47. The Bertz CT molecular complexity index is 757. The number of rotatable bonds is 10. The Morgan fingerprint density at radius 1 is 1.04 bits per heavy atom. The van der Waals surface area contributed by atoms with Gasteiger partial charge in [0.25, 0.3) is 0 Å². The quantitative estimate of drug-likeness (QED) is 0.297. The maximum absolute atomic E-state index is 11.5. The molecule has 2 atom stereocenters. The molecule has 2 heterocycles. The molecule has 1 fully saturated rings. The Kier molecular flexibility index (Phi) is 6.00. The van der Waals surface area contributed by atoms with E-state index in [1.807, 2.05) is 12.1 Å². The lowest BCUT2D eigenvalue weighted by Gasteiger charge is -2.15. The Balaban J connectivity index is 1.49. The summed E-state index contributed by atoms with van der Waals surface area (Å²) in [6, 6.07) is 10.5. The number of likely N-dealkylation sites (N-methyl/N-ethyl adjacent to an activating group) is 1. The minimum Gasteiger partial charge on any atom is -0.322 e. The van der Waals surface area contributed by atoms with Crippen LogP contribution >= 0.6 is 0 Å². The molecule has 4 heteroatoms. The van der Waals surface area contributed by atoms with Crippen LogP contribution in [0.4, 0.5) is 0 Å². The Hall–Kier alpha value is -1.55. The van der Waals surface area contributed by atoms with Crippen LogP contribution in [0.2, 0.25) is 6.32 Å². The summed E-state index contributed by atoms with van der Waals surface area (Å²) >= 11 is 0. The minimum atomic E-state index is -0.0239. The van der Waals surface area contributed by atoms with Gasteiger partial charge in [-0.1, -0.05) is 50.6 Å². The van der Waals surface area contributed by atoms with Gasteiger partial charge in [-0.05, 0) is 25.0 Å². The van der Waals surface area contributed by atoms with Gasteiger partial charge in [-0.2, -0.15) is 0 Å². The third-order valence-electron chi connectivity index (χ3n) is 5.74. The van der Waals surface area contributed by atoms with E-state index >= 15 is 0 Å². The van der Waals surface area contributed by atoms with Crippen molar-refractivity contribution in [3.8, 4) is 0 Å². The molecule has 0 aliphatic carbocycles. The number of nitrogens with one attached hydrogen (secondary N) is 1. The molecule has 2 radical (unpaired) electrons. The maximum atomic E-state index is 11.5. The van der Waals surface area contributed by atoms with E-state index in [4.69, 9.17) is 7.85 Å². The monoisotopic (exact) mass is 337 g/mol. The van der Waals surface area contributed by atoms with Gasteiger partial charge in [0.15, 0.2) is 6.04 Å². The highest BCUT2D eigenvalue weighted by Crippen LogP contribution is 2.45.